The summed E-state index contributed by atoms with van der Waals surface area (Å²) in [4.78, 5) is 10.6. The summed E-state index contributed by atoms with van der Waals surface area (Å²) >= 11 is 0. The lowest BCUT2D eigenvalue weighted by atomic mass is 9.99. The van der Waals surface area contributed by atoms with Crippen molar-refractivity contribution in [3.05, 3.63) is 28.8 Å². The van der Waals surface area contributed by atoms with Crippen LogP contribution >= 0.6 is 0 Å². The lowest BCUT2D eigenvalue weighted by Gasteiger charge is -2.13. The molecule has 0 spiro atoms. The van der Waals surface area contributed by atoms with Crippen LogP contribution in [0.15, 0.2) is 12.1 Å². The van der Waals surface area contributed by atoms with E-state index < -0.39 is 6.16 Å². The molecule has 1 aromatic rings. The van der Waals surface area contributed by atoms with E-state index in [1.807, 2.05) is 19.9 Å². The fourth-order valence-electron chi connectivity index (χ4n) is 1.88. The van der Waals surface area contributed by atoms with Gasteiger partial charge in [0.2, 0.25) is 0 Å². The second-order valence-electron chi connectivity index (χ2n) is 4.21. The number of aryl methyl sites for hydroxylation is 1. The lowest BCUT2D eigenvalue weighted by molar-refractivity contribution is 0.137. The minimum atomic E-state index is -1.28. The summed E-state index contributed by atoms with van der Waals surface area (Å²) in [6, 6.07) is 3.57. The van der Waals surface area contributed by atoms with E-state index in [1.54, 1.807) is 6.07 Å². The van der Waals surface area contributed by atoms with Gasteiger partial charge < -0.3 is 14.6 Å². The van der Waals surface area contributed by atoms with Gasteiger partial charge in [0, 0.05) is 6.61 Å². The summed E-state index contributed by atoms with van der Waals surface area (Å²) in [5.74, 6) is 0.401. The maximum Gasteiger partial charge on any atom is 0.511 e. The molecule has 0 radical (unpaired) electrons. The fourth-order valence-corrected chi connectivity index (χ4v) is 1.88. The quantitative estimate of drug-likeness (QED) is 0.479. The molecule has 1 N–H and O–H groups in total. The average molecular weight is 252 g/mol. The van der Waals surface area contributed by atoms with Crippen LogP contribution < -0.4 is 4.74 Å². The van der Waals surface area contributed by atoms with Crippen molar-refractivity contribution in [2.75, 3.05) is 13.2 Å². The molecule has 0 unspecified atom stereocenters. The predicted octanol–water partition coefficient (Wildman–Crippen LogP) is 3.33. The van der Waals surface area contributed by atoms with E-state index in [0.29, 0.717) is 12.4 Å². The van der Waals surface area contributed by atoms with Crippen LogP contribution in [0.1, 0.15) is 30.0 Å². The van der Waals surface area contributed by atoms with E-state index in [2.05, 4.69) is 6.92 Å². The maximum atomic E-state index is 10.6. The van der Waals surface area contributed by atoms with Gasteiger partial charge in [-0.3, -0.25) is 0 Å². The highest BCUT2D eigenvalue weighted by atomic mass is 16.7. The maximum absolute atomic E-state index is 10.6. The van der Waals surface area contributed by atoms with Gasteiger partial charge in [-0.2, -0.15) is 0 Å². The van der Waals surface area contributed by atoms with Crippen LogP contribution in [0.2, 0.25) is 0 Å². The normalized spacial score (nSPS) is 10.4. The Labute approximate surface area is 108 Å². The second-order valence-corrected chi connectivity index (χ2v) is 4.21. The highest BCUT2D eigenvalue weighted by molar-refractivity contribution is 5.62. The Morgan fingerprint density at radius 1 is 1.28 bits per heavy atom. The van der Waals surface area contributed by atoms with E-state index in [0.717, 1.165) is 36.1 Å². The zero-order chi connectivity index (χ0) is 13.5. The van der Waals surface area contributed by atoms with Crippen LogP contribution in [0.3, 0.4) is 0 Å². The third kappa shape index (κ3) is 4.04. The minimum Gasteiger partial charge on any atom is -0.449 e. The molecular weight excluding hydrogens is 232 g/mol. The Morgan fingerprint density at radius 3 is 2.61 bits per heavy atom. The Kier molecular flexibility index (Phi) is 5.65. The van der Waals surface area contributed by atoms with E-state index in [9.17, 15) is 4.79 Å². The molecule has 0 aliphatic carbocycles. The van der Waals surface area contributed by atoms with Crippen molar-refractivity contribution >= 4 is 6.16 Å². The number of ether oxygens (including phenoxy) is 2. The molecule has 0 saturated heterocycles. The first-order valence-electron chi connectivity index (χ1n) is 6.13. The smallest absolute Gasteiger partial charge is 0.449 e. The molecule has 0 atom stereocenters. The molecule has 0 saturated carbocycles. The van der Waals surface area contributed by atoms with Crippen molar-refractivity contribution in [2.24, 2.45) is 0 Å². The van der Waals surface area contributed by atoms with Crippen LogP contribution in [-0.4, -0.2) is 24.5 Å². The zero-order valence-electron chi connectivity index (χ0n) is 11.2. The van der Waals surface area contributed by atoms with Gasteiger partial charge in [-0.15, -0.1) is 0 Å². The number of carboxylic acid groups (broad SMARTS) is 1. The summed E-state index contributed by atoms with van der Waals surface area (Å²) in [6.45, 7) is 7.35. The van der Waals surface area contributed by atoms with Gasteiger partial charge in [-0.1, -0.05) is 13.0 Å². The Hall–Kier alpha value is -1.55. The van der Waals surface area contributed by atoms with Crippen molar-refractivity contribution in [1.29, 1.82) is 0 Å². The number of rotatable bonds is 6. The second kappa shape index (κ2) is 7.01. The van der Waals surface area contributed by atoms with Gasteiger partial charge in [0.25, 0.3) is 0 Å². The van der Waals surface area contributed by atoms with Crippen molar-refractivity contribution in [3.8, 4) is 5.75 Å². The first kappa shape index (κ1) is 14.5. The molecule has 0 aliphatic rings. The third-order valence-electron chi connectivity index (χ3n) is 2.83. The molecule has 1 rings (SSSR count). The van der Waals surface area contributed by atoms with Crippen molar-refractivity contribution in [1.82, 2.24) is 0 Å². The summed E-state index contributed by atoms with van der Waals surface area (Å²) in [6.07, 6.45) is 0.490. The van der Waals surface area contributed by atoms with E-state index in [4.69, 9.17) is 14.6 Å². The Bertz CT molecular complexity index is 413. The molecule has 0 bridgehead atoms. The van der Waals surface area contributed by atoms with E-state index in [1.165, 1.54) is 0 Å². The topological polar surface area (TPSA) is 55.8 Å². The molecule has 4 nitrogen and oxygen atoms in total. The van der Waals surface area contributed by atoms with Crippen molar-refractivity contribution in [2.45, 2.75) is 33.6 Å². The summed E-state index contributed by atoms with van der Waals surface area (Å²) < 4.78 is 10.2. The SMILES string of the molecule is CCCOCCc1c(C)ccc(OC(=O)O)c1C. The van der Waals surface area contributed by atoms with Crippen molar-refractivity contribution < 1.29 is 19.4 Å². The highest BCUT2D eigenvalue weighted by Crippen LogP contribution is 2.25. The molecule has 0 amide bonds. The lowest BCUT2D eigenvalue weighted by Crippen LogP contribution is -2.08. The molecule has 0 aliphatic heterocycles. The standard InChI is InChI=1S/C14H20O4/c1-4-8-17-9-7-12-10(2)5-6-13(11(12)3)18-14(15)16/h5-6H,4,7-9H2,1-3H3,(H,15,16). The van der Waals surface area contributed by atoms with Crippen LogP contribution in [0, 0.1) is 13.8 Å². The largest absolute Gasteiger partial charge is 0.511 e. The molecule has 4 heteroatoms. The Balaban J connectivity index is 2.78. The number of hydrogen-bond donors (Lipinski definition) is 1. The van der Waals surface area contributed by atoms with Gasteiger partial charge in [-0.05, 0) is 49.4 Å². The summed E-state index contributed by atoms with van der Waals surface area (Å²) in [5.41, 5.74) is 3.10. The van der Waals surface area contributed by atoms with E-state index in [-0.39, 0.29) is 0 Å². The third-order valence-corrected chi connectivity index (χ3v) is 2.83. The highest BCUT2D eigenvalue weighted by Gasteiger charge is 2.11. The molecule has 1 aromatic carbocycles. The van der Waals surface area contributed by atoms with Gasteiger partial charge >= 0.3 is 6.16 Å². The van der Waals surface area contributed by atoms with Crippen LogP contribution in [0.5, 0.6) is 5.75 Å². The molecule has 18 heavy (non-hydrogen) atoms. The van der Waals surface area contributed by atoms with Crippen LogP contribution in [-0.2, 0) is 11.2 Å². The number of hydrogen-bond acceptors (Lipinski definition) is 3. The molecule has 0 aromatic heterocycles. The Morgan fingerprint density at radius 2 is 2.00 bits per heavy atom. The molecule has 0 fully saturated rings. The predicted molar refractivity (Wildman–Crippen MR) is 69.4 cm³/mol. The molecule has 100 valence electrons. The molecular formula is C14H20O4. The van der Waals surface area contributed by atoms with Crippen molar-refractivity contribution in [3.63, 3.8) is 0 Å². The first-order chi connectivity index (χ1) is 8.56. The van der Waals surface area contributed by atoms with Crippen LogP contribution in [0.25, 0.3) is 0 Å². The molecule has 0 heterocycles. The summed E-state index contributed by atoms with van der Waals surface area (Å²) in [7, 11) is 0. The minimum absolute atomic E-state index is 0.401. The van der Waals surface area contributed by atoms with Crippen LogP contribution in [0.4, 0.5) is 4.79 Å². The van der Waals surface area contributed by atoms with E-state index >= 15 is 0 Å². The summed E-state index contributed by atoms with van der Waals surface area (Å²) in [5, 5.41) is 8.65. The van der Waals surface area contributed by atoms with Gasteiger partial charge in [0.1, 0.15) is 5.75 Å². The van der Waals surface area contributed by atoms with Gasteiger partial charge in [-0.25, -0.2) is 4.79 Å². The van der Waals surface area contributed by atoms with Gasteiger partial charge in [0.15, 0.2) is 0 Å². The fraction of sp³-hybridized carbons (Fsp3) is 0.500. The zero-order valence-corrected chi connectivity index (χ0v) is 11.2. The van der Waals surface area contributed by atoms with Gasteiger partial charge in [0.05, 0.1) is 6.61 Å². The average Bonchev–Trinajstić information content (AvgIpc) is 2.31. The number of carbonyl (C=O) groups is 1. The first-order valence-corrected chi connectivity index (χ1v) is 6.13. The number of benzene rings is 1. The monoisotopic (exact) mass is 252 g/mol.